The Morgan fingerprint density at radius 2 is 2.11 bits per heavy atom. The predicted molar refractivity (Wildman–Crippen MR) is 106 cm³/mol. The molecule has 0 fully saturated rings. The van der Waals surface area contributed by atoms with E-state index in [2.05, 4.69) is 6.07 Å². The largest absolute Gasteiger partial charge is 0.479 e. The third-order valence-electron chi connectivity index (χ3n) is 4.51. The molecule has 5 nitrogen and oxygen atoms in total. The summed E-state index contributed by atoms with van der Waals surface area (Å²) in [5.41, 5.74) is 2.79. The van der Waals surface area contributed by atoms with Gasteiger partial charge in [0.1, 0.15) is 5.75 Å². The summed E-state index contributed by atoms with van der Waals surface area (Å²) >= 11 is 1.52. The normalized spacial score (nSPS) is 16.9. The van der Waals surface area contributed by atoms with Gasteiger partial charge in [-0.25, -0.2) is 0 Å². The Balaban J connectivity index is 1.72. The second-order valence-electron chi connectivity index (χ2n) is 6.47. The summed E-state index contributed by atoms with van der Waals surface area (Å²) in [7, 11) is 1.69. The fraction of sp³-hybridized carbons (Fsp3) is 0.286. The van der Waals surface area contributed by atoms with E-state index in [9.17, 15) is 9.59 Å². The molecule has 0 saturated heterocycles. The van der Waals surface area contributed by atoms with E-state index < -0.39 is 6.10 Å². The number of likely N-dealkylation sites (N-methyl/N-ethyl adjacent to an activating group) is 1. The van der Waals surface area contributed by atoms with Crippen LogP contribution in [0.4, 0.5) is 5.69 Å². The van der Waals surface area contributed by atoms with Crippen molar-refractivity contribution in [1.82, 2.24) is 0 Å². The van der Waals surface area contributed by atoms with Crippen LogP contribution in [0.15, 0.2) is 42.5 Å². The van der Waals surface area contributed by atoms with E-state index in [0.717, 1.165) is 5.56 Å². The van der Waals surface area contributed by atoms with E-state index in [1.54, 1.807) is 38.2 Å². The number of anilines is 1. The molecular weight excluding hydrogens is 360 g/mol. The van der Waals surface area contributed by atoms with Crippen LogP contribution < -0.4 is 9.64 Å². The highest BCUT2D eigenvalue weighted by Crippen LogP contribution is 2.35. The summed E-state index contributed by atoms with van der Waals surface area (Å²) in [4.78, 5) is 26.4. The summed E-state index contributed by atoms with van der Waals surface area (Å²) in [6, 6.07) is 14.7. The van der Waals surface area contributed by atoms with Gasteiger partial charge in [0, 0.05) is 18.4 Å². The van der Waals surface area contributed by atoms with Gasteiger partial charge in [-0.2, -0.15) is 5.26 Å². The Kier molecular flexibility index (Phi) is 5.52. The van der Waals surface area contributed by atoms with Crippen molar-refractivity contribution >= 4 is 29.1 Å². The van der Waals surface area contributed by atoms with Gasteiger partial charge >= 0.3 is 0 Å². The van der Waals surface area contributed by atoms with E-state index >= 15 is 0 Å². The highest BCUT2D eigenvalue weighted by molar-refractivity contribution is 7.99. The Morgan fingerprint density at radius 3 is 2.85 bits per heavy atom. The van der Waals surface area contributed by atoms with Gasteiger partial charge in [-0.3, -0.25) is 9.59 Å². The van der Waals surface area contributed by atoms with Gasteiger partial charge in [0.05, 0.1) is 22.6 Å². The average Bonchev–Trinajstić information content (AvgIpc) is 2.69. The first kappa shape index (κ1) is 19.0. The molecular formula is C21H20N2O3S. The number of benzene rings is 2. The molecule has 1 aliphatic heterocycles. The standard InChI is InChI=1S/C21H20N2O3S/c1-13-21(25)23(3)18-10-17(7-8-19(18)26-13)20(24)14(2)27-12-16-6-4-5-15(9-16)11-22/h4-10,13-14H,12H2,1-3H3. The fourth-order valence-corrected chi connectivity index (χ4v) is 3.84. The molecule has 0 bridgehead atoms. The lowest BCUT2D eigenvalue weighted by Gasteiger charge is -2.30. The number of ether oxygens (including phenoxy) is 1. The van der Waals surface area contributed by atoms with Crippen molar-refractivity contribution in [3.05, 3.63) is 59.2 Å². The SMILES string of the molecule is CC1Oc2ccc(C(=O)C(C)SCc3cccc(C#N)c3)cc2N(C)C1=O. The van der Waals surface area contributed by atoms with E-state index in [1.807, 2.05) is 25.1 Å². The molecule has 0 aliphatic carbocycles. The number of fused-ring (bicyclic) bond motifs is 1. The maximum absolute atomic E-state index is 12.8. The minimum Gasteiger partial charge on any atom is -0.479 e. The van der Waals surface area contributed by atoms with Crippen molar-refractivity contribution in [3.63, 3.8) is 0 Å². The number of nitrogens with zero attached hydrogens (tertiary/aromatic N) is 2. The molecule has 1 aliphatic rings. The molecule has 2 aromatic carbocycles. The number of rotatable bonds is 5. The molecule has 0 saturated carbocycles. The molecule has 3 rings (SSSR count). The third-order valence-corrected chi connectivity index (χ3v) is 5.73. The van der Waals surface area contributed by atoms with Crippen LogP contribution in [-0.4, -0.2) is 30.1 Å². The van der Waals surface area contributed by atoms with Crippen LogP contribution in [-0.2, 0) is 10.5 Å². The van der Waals surface area contributed by atoms with Gasteiger partial charge in [-0.1, -0.05) is 12.1 Å². The zero-order valence-corrected chi connectivity index (χ0v) is 16.2. The second kappa shape index (κ2) is 7.85. The quantitative estimate of drug-likeness (QED) is 0.738. The molecule has 27 heavy (non-hydrogen) atoms. The summed E-state index contributed by atoms with van der Waals surface area (Å²) in [6.07, 6.45) is -0.525. The molecule has 0 spiro atoms. The van der Waals surface area contributed by atoms with Crippen LogP contribution >= 0.6 is 11.8 Å². The predicted octanol–water partition coefficient (Wildman–Crippen LogP) is 3.81. The Hall–Kier alpha value is -2.78. The Labute approximate surface area is 162 Å². The molecule has 138 valence electrons. The van der Waals surface area contributed by atoms with Crippen molar-refractivity contribution < 1.29 is 14.3 Å². The van der Waals surface area contributed by atoms with Crippen molar-refractivity contribution in [2.45, 2.75) is 31.0 Å². The topological polar surface area (TPSA) is 70.4 Å². The first-order chi connectivity index (χ1) is 12.9. The van der Waals surface area contributed by atoms with E-state index in [0.29, 0.717) is 28.3 Å². The minimum absolute atomic E-state index is 0.00120. The number of amides is 1. The fourth-order valence-electron chi connectivity index (χ4n) is 2.93. The number of carbonyl (C=O) groups is 2. The first-order valence-electron chi connectivity index (χ1n) is 8.64. The average molecular weight is 380 g/mol. The summed E-state index contributed by atoms with van der Waals surface area (Å²) in [5, 5.41) is 8.73. The highest BCUT2D eigenvalue weighted by Gasteiger charge is 2.30. The molecule has 6 heteroatoms. The van der Waals surface area contributed by atoms with E-state index in [4.69, 9.17) is 10.00 Å². The highest BCUT2D eigenvalue weighted by atomic mass is 32.2. The number of hydrogen-bond donors (Lipinski definition) is 0. The van der Waals surface area contributed by atoms with E-state index in [-0.39, 0.29) is 16.9 Å². The van der Waals surface area contributed by atoms with Gasteiger partial charge in [0.15, 0.2) is 11.9 Å². The van der Waals surface area contributed by atoms with Crippen LogP contribution in [0, 0.1) is 11.3 Å². The van der Waals surface area contributed by atoms with Gasteiger partial charge in [0.2, 0.25) is 0 Å². The number of ketones is 1. The van der Waals surface area contributed by atoms with Gasteiger partial charge < -0.3 is 9.64 Å². The maximum Gasteiger partial charge on any atom is 0.267 e. The molecule has 0 N–H and O–H groups in total. The van der Waals surface area contributed by atoms with Crippen LogP contribution in [0.3, 0.4) is 0 Å². The maximum atomic E-state index is 12.8. The molecule has 2 aromatic rings. The molecule has 1 amide bonds. The summed E-state index contributed by atoms with van der Waals surface area (Å²) < 4.78 is 5.60. The summed E-state index contributed by atoms with van der Waals surface area (Å²) in [6.45, 7) is 3.58. The van der Waals surface area contributed by atoms with Crippen LogP contribution in [0.2, 0.25) is 0 Å². The molecule has 0 radical (unpaired) electrons. The van der Waals surface area contributed by atoms with Gasteiger partial charge in [-0.15, -0.1) is 11.8 Å². The molecule has 0 aromatic heterocycles. The number of nitriles is 1. The number of Topliss-reactive ketones (excluding diaryl/α,β-unsaturated/α-hetero) is 1. The Morgan fingerprint density at radius 1 is 1.33 bits per heavy atom. The first-order valence-corrected chi connectivity index (χ1v) is 9.68. The second-order valence-corrected chi connectivity index (χ2v) is 7.80. The zero-order chi connectivity index (χ0) is 19.6. The van der Waals surface area contributed by atoms with Crippen molar-refractivity contribution in [1.29, 1.82) is 5.26 Å². The number of hydrogen-bond acceptors (Lipinski definition) is 5. The number of carbonyl (C=O) groups excluding carboxylic acids is 2. The van der Waals surface area contributed by atoms with E-state index in [1.165, 1.54) is 16.7 Å². The molecule has 2 unspecified atom stereocenters. The van der Waals surface area contributed by atoms with Gasteiger partial charge in [-0.05, 0) is 49.7 Å². The lowest BCUT2D eigenvalue weighted by atomic mass is 10.1. The van der Waals surface area contributed by atoms with Crippen LogP contribution in [0.1, 0.15) is 35.3 Å². The third kappa shape index (κ3) is 3.99. The zero-order valence-electron chi connectivity index (χ0n) is 15.4. The van der Waals surface area contributed by atoms with Gasteiger partial charge in [0.25, 0.3) is 5.91 Å². The monoisotopic (exact) mass is 380 g/mol. The number of thioether (sulfide) groups is 1. The Bertz CT molecular complexity index is 935. The lowest BCUT2D eigenvalue weighted by molar-refractivity contribution is -0.125. The smallest absolute Gasteiger partial charge is 0.267 e. The van der Waals surface area contributed by atoms with Crippen molar-refractivity contribution in [2.24, 2.45) is 0 Å². The van der Waals surface area contributed by atoms with Crippen molar-refractivity contribution in [2.75, 3.05) is 11.9 Å². The molecule has 2 atom stereocenters. The lowest BCUT2D eigenvalue weighted by Crippen LogP contribution is -2.42. The summed E-state index contributed by atoms with van der Waals surface area (Å²) in [5.74, 6) is 1.12. The molecule has 1 heterocycles. The van der Waals surface area contributed by atoms with Crippen molar-refractivity contribution in [3.8, 4) is 11.8 Å². The minimum atomic E-state index is -0.525. The van der Waals surface area contributed by atoms with Crippen LogP contribution in [0.25, 0.3) is 0 Å². The van der Waals surface area contributed by atoms with Crippen LogP contribution in [0.5, 0.6) is 5.75 Å².